The third kappa shape index (κ3) is 3.96. The number of halogens is 1. The lowest BCUT2D eigenvalue weighted by molar-refractivity contribution is 0.448. The summed E-state index contributed by atoms with van der Waals surface area (Å²) in [6.07, 6.45) is 0. The van der Waals surface area contributed by atoms with Crippen LogP contribution in [0.1, 0.15) is 37.6 Å². The molecular formula is C17H21ClN2O. The van der Waals surface area contributed by atoms with E-state index in [-0.39, 0.29) is 5.41 Å². The molecule has 1 heterocycles. The second kappa shape index (κ2) is 6.04. The van der Waals surface area contributed by atoms with E-state index in [1.54, 1.807) is 6.07 Å². The predicted molar refractivity (Wildman–Crippen MR) is 87.1 cm³/mol. The Morgan fingerprint density at radius 1 is 1.19 bits per heavy atom. The summed E-state index contributed by atoms with van der Waals surface area (Å²) in [6.45, 7) is 8.77. The van der Waals surface area contributed by atoms with Crippen LogP contribution in [-0.4, -0.2) is 4.98 Å². The van der Waals surface area contributed by atoms with E-state index in [1.165, 1.54) is 0 Å². The Bertz CT molecular complexity index is 648. The third-order valence-electron chi connectivity index (χ3n) is 3.22. The number of hydrogen-bond acceptors (Lipinski definition) is 3. The minimum absolute atomic E-state index is 0.0572. The Hall–Kier alpha value is -1.58. The molecule has 0 spiro atoms. The van der Waals surface area contributed by atoms with E-state index in [4.69, 9.17) is 22.1 Å². The summed E-state index contributed by atoms with van der Waals surface area (Å²) in [4.78, 5) is 4.60. The monoisotopic (exact) mass is 304 g/mol. The van der Waals surface area contributed by atoms with Crippen LogP contribution in [0.25, 0.3) is 0 Å². The van der Waals surface area contributed by atoms with Gasteiger partial charge >= 0.3 is 0 Å². The molecule has 2 aromatic rings. The molecule has 1 aromatic heterocycles. The molecule has 21 heavy (non-hydrogen) atoms. The van der Waals surface area contributed by atoms with Crippen molar-refractivity contribution in [2.45, 2.75) is 39.7 Å². The number of aromatic nitrogens is 1. The lowest BCUT2D eigenvalue weighted by Crippen LogP contribution is -2.15. The number of pyridine rings is 1. The maximum absolute atomic E-state index is 5.96. The predicted octanol–water partition coefficient (Wildman–Crippen LogP) is 4.59. The van der Waals surface area contributed by atoms with E-state index < -0.39 is 0 Å². The van der Waals surface area contributed by atoms with Crippen LogP contribution in [0.15, 0.2) is 30.3 Å². The van der Waals surface area contributed by atoms with Crippen molar-refractivity contribution < 1.29 is 4.74 Å². The second-order valence-corrected chi connectivity index (χ2v) is 6.60. The van der Waals surface area contributed by atoms with Crippen LogP contribution >= 0.6 is 11.6 Å². The zero-order valence-electron chi connectivity index (χ0n) is 12.9. The Balaban J connectivity index is 2.39. The molecule has 0 saturated carbocycles. The first kappa shape index (κ1) is 15.8. The molecule has 4 heteroatoms. The van der Waals surface area contributed by atoms with E-state index in [0.717, 1.165) is 22.6 Å². The molecule has 0 amide bonds. The number of benzene rings is 1. The molecule has 2 N–H and O–H groups in total. The zero-order chi connectivity index (χ0) is 15.6. The number of ether oxygens (including phenoxy) is 1. The lowest BCUT2D eigenvalue weighted by Gasteiger charge is -2.20. The van der Waals surface area contributed by atoms with Crippen molar-refractivity contribution in [3.63, 3.8) is 0 Å². The first-order valence-electron chi connectivity index (χ1n) is 6.95. The third-order valence-corrected chi connectivity index (χ3v) is 3.45. The summed E-state index contributed by atoms with van der Waals surface area (Å²) in [7, 11) is 0. The van der Waals surface area contributed by atoms with Gasteiger partial charge in [-0.3, -0.25) is 0 Å². The largest absolute Gasteiger partial charge is 0.439 e. The fraction of sp³-hybridized carbons (Fsp3) is 0.353. The van der Waals surface area contributed by atoms with Gasteiger partial charge in [-0.1, -0.05) is 32.4 Å². The smallest absolute Gasteiger partial charge is 0.219 e. The molecule has 0 saturated heterocycles. The fourth-order valence-electron chi connectivity index (χ4n) is 1.95. The molecule has 1 aromatic carbocycles. The van der Waals surface area contributed by atoms with Crippen LogP contribution in [0, 0.1) is 6.92 Å². The van der Waals surface area contributed by atoms with Crippen LogP contribution < -0.4 is 10.5 Å². The molecule has 0 fully saturated rings. The minimum Gasteiger partial charge on any atom is -0.439 e. The summed E-state index contributed by atoms with van der Waals surface area (Å²) in [5.41, 5.74) is 8.66. The van der Waals surface area contributed by atoms with Crippen molar-refractivity contribution >= 4 is 11.6 Å². The van der Waals surface area contributed by atoms with Crippen LogP contribution in [0.4, 0.5) is 0 Å². The van der Waals surface area contributed by atoms with Gasteiger partial charge in [0.2, 0.25) is 5.88 Å². The average Bonchev–Trinajstić information content (AvgIpc) is 2.40. The van der Waals surface area contributed by atoms with Gasteiger partial charge in [-0.15, -0.1) is 0 Å². The fourth-order valence-corrected chi connectivity index (χ4v) is 2.18. The first-order chi connectivity index (χ1) is 9.79. The van der Waals surface area contributed by atoms with Crippen molar-refractivity contribution in [1.29, 1.82) is 0 Å². The molecule has 0 aliphatic carbocycles. The molecule has 0 aliphatic rings. The van der Waals surface area contributed by atoms with Gasteiger partial charge in [0, 0.05) is 23.0 Å². The number of hydrogen-bond donors (Lipinski definition) is 1. The topological polar surface area (TPSA) is 48.1 Å². The van der Waals surface area contributed by atoms with Crippen molar-refractivity contribution in [2.75, 3.05) is 0 Å². The molecule has 0 aliphatic heterocycles. The van der Waals surface area contributed by atoms with Gasteiger partial charge < -0.3 is 10.5 Å². The standard InChI is InChI=1S/C17H21ClN2O/c1-11-7-13(18)5-6-14(11)21-16-9-12(10-19)8-15(20-16)17(2,3)4/h5-9H,10,19H2,1-4H3. The summed E-state index contributed by atoms with van der Waals surface area (Å²) in [5.74, 6) is 1.31. The minimum atomic E-state index is -0.0572. The highest BCUT2D eigenvalue weighted by molar-refractivity contribution is 6.30. The molecule has 112 valence electrons. The molecule has 0 bridgehead atoms. The van der Waals surface area contributed by atoms with E-state index in [2.05, 4.69) is 25.8 Å². The Labute approximate surface area is 131 Å². The quantitative estimate of drug-likeness (QED) is 0.902. The zero-order valence-corrected chi connectivity index (χ0v) is 13.7. The Kier molecular flexibility index (Phi) is 4.55. The lowest BCUT2D eigenvalue weighted by atomic mass is 9.91. The Morgan fingerprint density at radius 3 is 2.48 bits per heavy atom. The normalized spacial score (nSPS) is 11.5. The van der Waals surface area contributed by atoms with Gasteiger partial charge in [-0.25, -0.2) is 4.98 Å². The van der Waals surface area contributed by atoms with Gasteiger partial charge in [-0.2, -0.15) is 0 Å². The highest BCUT2D eigenvalue weighted by Gasteiger charge is 2.18. The molecule has 0 atom stereocenters. The average molecular weight is 305 g/mol. The molecular weight excluding hydrogens is 284 g/mol. The number of rotatable bonds is 3. The number of nitrogens with zero attached hydrogens (tertiary/aromatic N) is 1. The summed E-state index contributed by atoms with van der Waals surface area (Å²) >= 11 is 5.96. The first-order valence-corrected chi connectivity index (χ1v) is 7.33. The van der Waals surface area contributed by atoms with Crippen molar-refractivity contribution in [3.8, 4) is 11.6 Å². The number of aryl methyl sites for hydroxylation is 1. The van der Waals surface area contributed by atoms with Gasteiger partial charge in [-0.05, 0) is 42.3 Å². The van der Waals surface area contributed by atoms with Gasteiger partial charge in [0.25, 0.3) is 0 Å². The SMILES string of the molecule is Cc1cc(Cl)ccc1Oc1cc(CN)cc(C(C)(C)C)n1. The van der Waals surface area contributed by atoms with E-state index in [1.807, 2.05) is 31.2 Å². The van der Waals surface area contributed by atoms with Gasteiger partial charge in [0.15, 0.2) is 0 Å². The van der Waals surface area contributed by atoms with Crippen LogP contribution in [0.3, 0.4) is 0 Å². The molecule has 2 rings (SSSR count). The highest BCUT2D eigenvalue weighted by atomic mass is 35.5. The van der Waals surface area contributed by atoms with E-state index in [9.17, 15) is 0 Å². The van der Waals surface area contributed by atoms with Gasteiger partial charge in [0.05, 0.1) is 5.69 Å². The van der Waals surface area contributed by atoms with Crippen LogP contribution in [-0.2, 0) is 12.0 Å². The summed E-state index contributed by atoms with van der Waals surface area (Å²) < 4.78 is 5.92. The van der Waals surface area contributed by atoms with Gasteiger partial charge in [0.1, 0.15) is 5.75 Å². The maximum Gasteiger partial charge on any atom is 0.219 e. The van der Waals surface area contributed by atoms with E-state index in [0.29, 0.717) is 17.4 Å². The molecule has 0 unspecified atom stereocenters. The second-order valence-electron chi connectivity index (χ2n) is 6.16. The summed E-state index contributed by atoms with van der Waals surface area (Å²) in [5, 5.41) is 0.693. The van der Waals surface area contributed by atoms with Crippen LogP contribution in [0.5, 0.6) is 11.6 Å². The summed E-state index contributed by atoms with van der Waals surface area (Å²) in [6, 6.07) is 9.44. The number of nitrogens with two attached hydrogens (primary N) is 1. The van der Waals surface area contributed by atoms with Crippen molar-refractivity contribution in [2.24, 2.45) is 5.73 Å². The van der Waals surface area contributed by atoms with E-state index >= 15 is 0 Å². The molecule has 3 nitrogen and oxygen atoms in total. The molecule has 0 radical (unpaired) electrons. The highest BCUT2D eigenvalue weighted by Crippen LogP contribution is 2.29. The van der Waals surface area contributed by atoms with Crippen molar-refractivity contribution in [3.05, 3.63) is 52.2 Å². The van der Waals surface area contributed by atoms with Crippen molar-refractivity contribution in [1.82, 2.24) is 4.98 Å². The van der Waals surface area contributed by atoms with Crippen LogP contribution in [0.2, 0.25) is 5.02 Å². The Morgan fingerprint density at radius 2 is 1.90 bits per heavy atom. The maximum atomic E-state index is 5.96.